The van der Waals surface area contributed by atoms with E-state index in [1.165, 1.54) is 11.3 Å². The Bertz CT molecular complexity index is 420. The van der Waals surface area contributed by atoms with Crippen LogP contribution in [0.2, 0.25) is 0 Å². The molecule has 1 aromatic rings. The molecule has 1 N–H and O–H groups in total. The molecule has 0 saturated carbocycles. The van der Waals surface area contributed by atoms with Gasteiger partial charge in [-0.1, -0.05) is 17.3 Å². The maximum atomic E-state index is 8.53. The van der Waals surface area contributed by atoms with Gasteiger partial charge < -0.3 is 10.1 Å². The van der Waals surface area contributed by atoms with E-state index in [9.17, 15) is 0 Å². The predicted octanol–water partition coefficient (Wildman–Crippen LogP) is 2.92. The standard InChI is InChI=1S/C13H18N2O/c1-10-9-13(15(3)4)8-7-12(10)6-5-11(2)14-16/h5-9,16H,1-4H3. The molecule has 3 heteroatoms. The summed E-state index contributed by atoms with van der Waals surface area (Å²) in [5.74, 6) is 0. The molecule has 0 aromatic heterocycles. The lowest BCUT2D eigenvalue weighted by atomic mass is 10.1. The number of nitrogens with zero attached hydrogens (tertiary/aromatic N) is 2. The molecule has 3 nitrogen and oxygen atoms in total. The average Bonchev–Trinajstić information content (AvgIpc) is 2.26. The van der Waals surface area contributed by atoms with Crippen LogP contribution < -0.4 is 4.90 Å². The minimum absolute atomic E-state index is 0.594. The van der Waals surface area contributed by atoms with Gasteiger partial charge in [0, 0.05) is 19.8 Å². The van der Waals surface area contributed by atoms with Crippen molar-refractivity contribution in [3.05, 3.63) is 35.4 Å². The van der Waals surface area contributed by atoms with E-state index in [4.69, 9.17) is 5.21 Å². The van der Waals surface area contributed by atoms with Gasteiger partial charge in [0.05, 0.1) is 5.71 Å². The molecule has 0 bridgehead atoms. The zero-order valence-corrected chi connectivity index (χ0v) is 10.2. The second kappa shape index (κ2) is 5.35. The van der Waals surface area contributed by atoms with Crippen LogP contribution in [0.5, 0.6) is 0 Å². The average molecular weight is 218 g/mol. The van der Waals surface area contributed by atoms with Gasteiger partial charge in [-0.05, 0) is 43.2 Å². The topological polar surface area (TPSA) is 35.8 Å². The SMILES string of the molecule is CC(C=Cc1ccc(N(C)C)cc1C)=NO. The van der Waals surface area contributed by atoms with Gasteiger partial charge >= 0.3 is 0 Å². The molecule has 0 spiro atoms. The predicted molar refractivity (Wildman–Crippen MR) is 69.4 cm³/mol. The zero-order valence-electron chi connectivity index (χ0n) is 10.2. The van der Waals surface area contributed by atoms with Crippen LogP contribution in [-0.2, 0) is 0 Å². The first-order valence-electron chi connectivity index (χ1n) is 5.19. The first kappa shape index (κ1) is 12.3. The van der Waals surface area contributed by atoms with Crippen LogP contribution in [0.1, 0.15) is 18.1 Å². The van der Waals surface area contributed by atoms with E-state index in [0.717, 1.165) is 5.56 Å². The van der Waals surface area contributed by atoms with Crippen LogP contribution in [-0.4, -0.2) is 25.0 Å². The number of benzene rings is 1. The summed E-state index contributed by atoms with van der Waals surface area (Å²) in [5.41, 5.74) is 4.11. The summed E-state index contributed by atoms with van der Waals surface area (Å²) in [7, 11) is 4.04. The Morgan fingerprint density at radius 2 is 2.06 bits per heavy atom. The van der Waals surface area contributed by atoms with Crippen molar-refractivity contribution in [3.8, 4) is 0 Å². The van der Waals surface area contributed by atoms with E-state index in [-0.39, 0.29) is 0 Å². The maximum Gasteiger partial charge on any atom is 0.0765 e. The van der Waals surface area contributed by atoms with Crippen molar-refractivity contribution in [3.63, 3.8) is 0 Å². The first-order valence-corrected chi connectivity index (χ1v) is 5.19. The Labute approximate surface area is 96.7 Å². The van der Waals surface area contributed by atoms with Crippen molar-refractivity contribution in [2.75, 3.05) is 19.0 Å². The molecule has 0 unspecified atom stereocenters. The highest BCUT2D eigenvalue weighted by Crippen LogP contribution is 2.18. The van der Waals surface area contributed by atoms with Crippen LogP contribution in [0.25, 0.3) is 6.08 Å². The fourth-order valence-corrected chi connectivity index (χ4v) is 1.37. The quantitative estimate of drug-likeness (QED) is 0.481. The van der Waals surface area contributed by atoms with E-state index in [1.807, 2.05) is 20.2 Å². The van der Waals surface area contributed by atoms with Crippen LogP contribution in [0.15, 0.2) is 29.4 Å². The molecule has 0 aliphatic heterocycles. The lowest BCUT2D eigenvalue weighted by Crippen LogP contribution is -2.08. The third kappa shape index (κ3) is 3.12. The molecule has 1 rings (SSSR count). The Balaban J connectivity index is 2.96. The molecule has 0 fully saturated rings. The molecule has 1 aromatic carbocycles. The summed E-state index contributed by atoms with van der Waals surface area (Å²) in [4.78, 5) is 2.07. The number of anilines is 1. The second-order valence-electron chi connectivity index (χ2n) is 4.01. The Kier molecular flexibility index (Phi) is 4.11. The fraction of sp³-hybridized carbons (Fsp3) is 0.308. The van der Waals surface area contributed by atoms with Crippen LogP contribution in [0, 0.1) is 6.92 Å². The second-order valence-corrected chi connectivity index (χ2v) is 4.01. The summed E-state index contributed by atoms with van der Waals surface area (Å²) in [5, 5.41) is 11.6. The number of rotatable bonds is 3. The summed E-state index contributed by atoms with van der Waals surface area (Å²) < 4.78 is 0. The highest BCUT2D eigenvalue weighted by molar-refractivity contribution is 5.96. The van der Waals surface area contributed by atoms with Crippen LogP contribution >= 0.6 is 0 Å². The normalized spacial score (nSPS) is 12.1. The smallest absolute Gasteiger partial charge is 0.0765 e. The molecule has 0 amide bonds. The van der Waals surface area contributed by atoms with Crippen molar-refractivity contribution in [2.24, 2.45) is 5.16 Å². The van der Waals surface area contributed by atoms with Gasteiger partial charge in [0.25, 0.3) is 0 Å². The van der Waals surface area contributed by atoms with Gasteiger partial charge in [-0.2, -0.15) is 0 Å². The summed E-state index contributed by atoms with van der Waals surface area (Å²) in [6, 6.07) is 6.26. The van der Waals surface area contributed by atoms with Gasteiger partial charge in [-0.15, -0.1) is 0 Å². The first-order chi connectivity index (χ1) is 7.54. The monoisotopic (exact) mass is 218 g/mol. The van der Waals surface area contributed by atoms with E-state index < -0.39 is 0 Å². The van der Waals surface area contributed by atoms with Crippen molar-refractivity contribution in [2.45, 2.75) is 13.8 Å². The molecule has 0 aliphatic rings. The van der Waals surface area contributed by atoms with Gasteiger partial charge in [0.2, 0.25) is 0 Å². The van der Waals surface area contributed by atoms with Crippen molar-refractivity contribution in [1.82, 2.24) is 0 Å². The molecular formula is C13H18N2O. The summed E-state index contributed by atoms with van der Waals surface area (Å²) >= 11 is 0. The Morgan fingerprint density at radius 1 is 1.38 bits per heavy atom. The van der Waals surface area contributed by atoms with Gasteiger partial charge in [-0.3, -0.25) is 0 Å². The van der Waals surface area contributed by atoms with Gasteiger partial charge in [0.1, 0.15) is 0 Å². The van der Waals surface area contributed by atoms with E-state index in [1.54, 1.807) is 13.0 Å². The van der Waals surface area contributed by atoms with Gasteiger partial charge in [-0.25, -0.2) is 0 Å². The fourth-order valence-electron chi connectivity index (χ4n) is 1.37. The number of hydrogen-bond donors (Lipinski definition) is 1. The lowest BCUT2D eigenvalue weighted by Gasteiger charge is -2.13. The summed E-state index contributed by atoms with van der Waals surface area (Å²) in [6.45, 7) is 3.82. The van der Waals surface area contributed by atoms with Crippen molar-refractivity contribution < 1.29 is 5.21 Å². The molecule has 16 heavy (non-hydrogen) atoms. The molecule has 0 atom stereocenters. The highest BCUT2D eigenvalue weighted by atomic mass is 16.4. The number of aryl methyl sites for hydroxylation is 1. The minimum atomic E-state index is 0.594. The maximum absolute atomic E-state index is 8.53. The Morgan fingerprint density at radius 3 is 2.56 bits per heavy atom. The Hall–Kier alpha value is -1.77. The van der Waals surface area contributed by atoms with Crippen molar-refractivity contribution in [1.29, 1.82) is 0 Å². The van der Waals surface area contributed by atoms with Gasteiger partial charge in [0.15, 0.2) is 0 Å². The number of allylic oxidation sites excluding steroid dienone is 1. The molecule has 86 valence electrons. The molecule has 0 aliphatic carbocycles. The molecular weight excluding hydrogens is 200 g/mol. The third-order valence-corrected chi connectivity index (χ3v) is 2.43. The van der Waals surface area contributed by atoms with E-state index in [2.05, 4.69) is 35.2 Å². The highest BCUT2D eigenvalue weighted by Gasteiger charge is 1.98. The molecule has 0 heterocycles. The van der Waals surface area contributed by atoms with Crippen LogP contribution in [0.3, 0.4) is 0 Å². The largest absolute Gasteiger partial charge is 0.411 e. The zero-order chi connectivity index (χ0) is 12.1. The number of oxime groups is 1. The minimum Gasteiger partial charge on any atom is -0.411 e. The van der Waals surface area contributed by atoms with Crippen LogP contribution in [0.4, 0.5) is 5.69 Å². The van der Waals surface area contributed by atoms with Crippen molar-refractivity contribution >= 4 is 17.5 Å². The lowest BCUT2D eigenvalue weighted by molar-refractivity contribution is 0.319. The van der Waals surface area contributed by atoms with E-state index >= 15 is 0 Å². The van der Waals surface area contributed by atoms with E-state index in [0.29, 0.717) is 5.71 Å². The third-order valence-electron chi connectivity index (χ3n) is 2.43. The molecule has 0 saturated heterocycles. The molecule has 0 radical (unpaired) electrons. The summed E-state index contributed by atoms with van der Waals surface area (Å²) in [6.07, 6.45) is 3.74. The number of hydrogen-bond acceptors (Lipinski definition) is 3.